The highest BCUT2D eigenvalue weighted by Crippen LogP contribution is 2.27. The fourth-order valence-electron chi connectivity index (χ4n) is 4.31. The third-order valence-electron chi connectivity index (χ3n) is 6.35. The number of hydrogen-bond acceptors (Lipinski definition) is 0. The third kappa shape index (κ3) is 5.77. The van der Waals surface area contributed by atoms with Crippen LogP contribution in [0.2, 0.25) is 0 Å². The van der Waals surface area contributed by atoms with Crippen LogP contribution in [0.1, 0.15) is 110 Å². The monoisotopic (exact) mass is 370 g/mol. The van der Waals surface area contributed by atoms with E-state index in [9.17, 15) is 0 Å². The molecule has 0 saturated carbocycles. The standard InChI is InChI=1S/C25H42N2/c1-7-9-11-13-15-22-18(3)20(5)26-24(22)17-25-23(16-14-12-10-8-2)19(4)21(6)27-25/h26-27H,7-17H2,1-6H3. The van der Waals surface area contributed by atoms with E-state index in [0.717, 1.165) is 6.42 Å². The first-order chi connectivity index (χ1) is 13.0. The summed E-state index contributed by atoms with van der Waals surface area (Å²) in [6.07, 6.45) is 14.1. The van der Waals surface area contributed by atoms with E-state index in [1.807, 2.05) is 0 Å². The van der Waals surface area contributed by atoms with Crippen LogP contribution in [0, 0.1) is 27.7 Å². The number of aromatic amines is 2. The quantitative estimate of drug-likeness (QED) is 0.364. The molecule has 2 rings (SSSR count). The molecular weight excluding hydrogens is 328 g/mol. The van der Waals surface area contributed by atoms with Crippen LogP contribution < -0.4 is 0 Å². The Balaban J connectivity index is 2.16. The van der Waals surface area contributed by atoms with Gasteiger partial charge in [0.15, 0.2) is 0 Å². The Labute approximate surface area is 167 Å². The van der Waals surface area contributed by atoms with Gasteiger partial charge in [0.05, 0.1) is 0 Å². The van der Waals surface area contributed by atoms with Crippen molar-refractivity contribution in [2.45, 2.75) is 112 Å². The van der Waals surface area contributed by atoms with Gasteiger partial charge in [-0.3, -0.25) is 0 Å². The minimum absolute atomic E-state index is 1.02. The number of nitrogens with one attached hydrogen (secondary N) is 2. The second-order valence-electron chi connectivity index (χ2n) is 8.46. The van der Waals surface area contributed by atoms with Gasteiger partial charge in [0.2, 0.25) is 0 Å². The average molecular weight is 371 g/mol. The molecule has 2 aromatic rings. The van der Waals surface area contributed by atoms with Crippen molar-refractivity contribution in [1.82, 2.24) is 9.97 Å². The van der Waals surface area contributed by atoms with Crippen molar-refractivity contribution in [3.63, 3.8) is 0 Å². The van der Waals surface area contributed by atoms with Crippen LogP contribution in [0.3, 0.4) is 0 Å². The molecule has 27 heavy (non-hydrogen) atoms. The molecule has 0 spiro atoms. The number of aromatic nitrogens is 2. The zero-order chi connectivity index (χ0) is 19.8. The molecule has 2 aromatic heterocycles. The normalized spacial score (nSPS) is 11.5. The summed E-state index contributed by atoms with van der Waals surface area (Å²) in [4.78, 5) is 7.43. The summed E-state index contributed by atoms with van der Waals surface area (Å²) in [5.41, 5.74) is 11.7. The lowest BCUT2D eigenvalue weighted by atomic mass is 9.97. The maximum Gasteiger partial charge on any atom is 0.0284 e. The fourth-order valence-corrected chi connectivity index (χ4v) is 4.31. The summed E-state index contributed by atoms with van der Waals surface area (Å²) in [5, 5.41) is 0. The molecule has 2 nitrogen and oxygen atoms in total. The van der Waals surface area contributed by atoms with Gasteiger partial charge in [-0.2, -0.15) is 0 Å². The number of rotatable bonds is 12. The van der Waals surface area contributed by atoms with Crippen molar-refractivity contribution in [2.24, 2.45) is 0 Å². The van der Waals surface area contributed by atoms with Crippen LogP contribution in [-0.2, 0) is 19.3 Å². The van der Waals surface area contributed by atoms with E-state index in [1.54, 1.807) is 11.1 Å². The SMILES string of the molecule is CCCCCCc1c(Cc2[nH]c(C)c(C)c2CCCCCC)[nH]c(C)c1C. The van der Waals surface area contributed by atoms with Gasteiger partial charge in [-0.1, -0.05) is 52.4 Å². The molecule has 2 N–H and O–H groups in total. The van der Waals surface area contributed by atoms with Crippen molar-refractivity contribution >= 4 is 0 Å². The Morgan fingerprint density at radius 2 is 0.963 bits per heavy atom. The van der Waals surface area contributed by atoms with E-state index in [2.05, 4.69) is 51.5 Å². The first kappa shape index (κ1) is 21.9. The van der Waals surface area contributed by atoms with E-state index in [0.29, 0.717) is 0 Å². The molecule has 0 radical (unpaired) electrons. The third-order valence-corrected chi connectivity index (χ3v) is 6.35. The number of unbranched alkanes of at least 4 members (excludes halogenated alkanes) is 6. The van der Waals surface area contributed by atoms with E-state index < -0.39 is 0 Å². The molecule has 2 heteroatoms. The molecule has 0 amide bonds. The summed E-state index contributed by atoms with van der Waals surface area (Å²) in [6, 6.07) is 0. The molecule has 152 valence electrons. The molecule has 0 aliphatic carbocycles. The number of H-pyrrole nitrogens is 2. The fraction of sp³-hybridized carbons (Fsp3) is 0.680. The van der Waals surface area contributed by atoms with Crippen molar-refractivity contribution in [3.8, 4) is 0 Å². The van der Waals surface area contributed by atoms with Gasteiger partial charge in [0.25, 0.3) is 0 Å². The maximum absolute atomic E-state index is 3.71. The second-order valence-corrected chi connectivity index (χ2v) is 8.46. The van der Waals surface area contributed by atoms with E-state index in [-0.39, 0.29) is 0 Å². The molecule has 0 atom stereocenters. The Kier molecular flexibility index (Phi) is 8.73. The van der Waals surface area contributed by atoms with Gasteiger partial charge >= 0.3 is 0 Å². The molecular formula is C25H42N2. The first-order valence-electron chi connectivity index (χ1n) is 11.3. The molecule has 0 aromatic carbocycles. The molecule has 0 unspecified atom stereocenters. The van der Waals surface area contributed by atoms with E-state index >= 15 is 0 Å². The summed E-state index contributed by atoms with van der Waals surface area (Å²) >= 11 is 0. The van der Waals surface area contributed by atoms with Gasteiger partial charge in [0, 0.05) is 29.2 Å². The van der Waals surface area contributed by atoms with Crippen LogP contribution in [0.25, 0.3) is 0 Å². The van der Waals surface area contributed by atoms with Crippen molar-refractivity contribution in [1.29, 1.82) is 0 Å². The van der Waals surface area contributed by atoms with Gasteiger partial charge in [-0.15, -0.1) is 0 Å². The summed E-state index contributed by atoms with van der Waals surface area (Å²) in [6.45, 7) is 13.6. The van der Waals surface area contributed by atoms with Crippen LogP contribution in [0.15, 0.2) is 0 Å². The smallest absolute Gasteiger partial charge is 0.0284 e. The lowest BCUT2D eigenvalue weighted by molar-refractivity contribution is 0.661. The topological polar surface area (TPSA) is 31.6 Å². The number of aryl methyl sites for hydroxylation is 2. The van der Waals surface area contributed by atoms with Gasteiger partial charge in [0.1, 0.15) is 0 Å². The average Bonchev–Trinajstić information content (AvgIpc) is 3.06. The summed E-state index contributed by atoms with van der Waals surface area (Å²) < 4.78 is 0. The summed E-state index contributed by atoms with van der Waals surface area (Å²) in [7, 11) is 0. The van der Waals surface area contributed by atoms with Crippen LogP contribution >= 0.6 is 0 Å². The van der Waals surface area contributed by atoms with E-state index in [1.165, 1.54) is 98.1 Å². The molecule has 0 aliphatic heterocycles. The minimum atomic E-state index is 1.02. The Morgan fingerprint density at radius 3 is 1.33 bits per heavy atom. The van der Waals surface area contributed by atoms with Crippen LogP contribution in [0.4, 0.5) is 0 Å². The Hall–Kier alpha value is -1.44. The zero-order valence-corrected chi connectivity index (χ0v) is 18.8. The Bertz CT molecular complexity index is 642. The lowest BCUT2D eigenvalue weighted by Gasteiger charge is -2.09. The molecule has 2 heterocycles. The van der Waals surface area contributed by atoms with Crippen molar-refractivity contribution in [2.75, 3.05) is 0 Å². The van der Waals surface area contributed by atoms with Crippen LogP contribution in [-0.4, -0.2) is 9.97 Å². The van der Waals surface area contributed by atoms with Gasteiger partial charge in [-0.05, 0) is 75.6 Å². The van der Waals surface area contributed by atoms with E-state index in [4.69, 9.17) is 0 Å². The molecule has 0 aliphatic rings. The molecule has 0 bridgehead atoms. The second kappa shape index (κ2) is 10.8. The first-order valence-corrected chi connectivity index (χ1v) is 11.3. The highest BCUT2D eigenvalue weighted by molar-refractivity contribution is 5.42. The zero-order valence-electron chi connectivity index (χ0n) is 18.8. The molecule has 0 saturated heterocycles. The Morgan fingerprint density at radius 1 is 0.556 bits per heavy atom. The van der Waals surface area contributed by atoms with Crippen LogP contribution in [0.5, 0.6) is 0 Å². The maximum atomic E-state index is 3.71. The largest absolute Gasteiger partial charge is 0.362 e. The predicted octanol–water partition coefficient (Wildman–Crippen LogP) is 7.41. The minimum Gasteiger partial charge on any atom is -0.362 e. The number of hydrogen-bond donors (Lipinski definition) is 2. The summed E-state index contributed by atoms with van der Waals surface area (Å²) in [5.74, 6) is 0. The molecule has 0 fully saturated rings. The lowest BCUT2D eigenvalue weighted by Crippen LogP contribution is -2.00. The van der Waals surface area contributed by atoms with Crippen molar-refractivity contribution < 1.29 is 0 Å². The van der Waals surface area contributed by atoms with Gasteiger partial charge < -0.3 is 9.97 Å². The van der Waals surface area contributed by atoms with Crippen molar-refractivity contribution in [3.05, 3.63) is 45.0 Å². The van der Waals surface area contributed by atoms with Gasteiger partial charge in [-0.25, -0.2) is 0 Å². The highest BCUT2D eigenvalue weighted by atomic mass is 14.8. The predicted molar refractivity (Wildman–Crippen MR) is 119 cm³/mol. The highest BCUT2D eigenvalue weighted by Gasteiger charge is 2.17.